The summed E-state index contributed by atoms with van der Waals surface area (Å²) in [6, 6.07) is 7.98. The van der Waals surface area contributed by atoms with Crippen LogP contribution in [0.3, 0.4) is 0 Å². The topological polar surface area (TPSA) is 30.2 Å². The molecule has 2 heteroatoms. The minimum Gasteiger partial charge on any atom is -0.453 e. The van der Waals surface area contributed by atoms with Crippen molar-refractivity contribution in [2.45, 2.75) is 32.6 Å². The Morgan fingerprint density at radius 2 is 2.16 bits per heavy atom. The number of Topliss-reactive ketones (excluding diaryl/α,β-unsaturated/α-hetero) is 1. The smallest absolute Gasteiger partial charge is 0.201 e. The fourth-order valence-electron chi connectivity index (χ4n) is 4.08. The summed E-state index contributed by atoms with van der Waals surface area (Å²) < 4.78 is 5.83. The first-order valence-corrected chi connectivity index (χ1v) is 7.26. The molecule has 0 spiro atoms. The summed E-state index contributed by atoms with van der Waals surface area (Å²) in [6.07, 6.45) is 4.91. The molecule has 2 fully saturated rings. The van der Waals surface area contributed by atoms with Crippen LogP contribution >= 0.6 is 0 Å². The van der Waals surface area contributed by atoms with E-state index < -0.39 is 0 Å². The summed E-state index contributed by atoms with van der Waals surface area (Å²) in [4.78, 5) is 12.6. The van der Waals surface area contributed by atoms with Gasteiger partial charge in [0, 0.05) is 11.3 Å². The second-order valence-electron chi connectivity index (χ2n) is 6.25. The quantitative estimate of drug-likeness (QED) is 0.745. The minimum absolute atomic E-state index is 0.222. The predicted octanol–water partition coefficient (Wildman–Crippen LogP) is 4.36. The van der Waals surface area contributed by atoms with Crippen molar-refractivity contribution in [3.8, 4) is 0 Å². The molecule has 4 rings (SSSR count). The number of hydrogen-bond acceptors (Lipinski definition) is 2. The maximum atomic E-state index is 12.6. The molecule has 19 heavy (non-hydrogen) atoms. The maximum Gasteiger partial charge on any atom is 0.201 e. The number of fused-ring (bicyclic) bond motifs is 3. The number of hydrogen-bond donors (Lipinski definition) is 0. The van der Waals surface area contributed by atoms with Gasteiger partial charge in [-0.2, -0.15) is 0 Å². The highest BCUT2D eigenvalue weighted by Crippen LogP contribution is 2.49. The fraction of sp³-hybridized carbons (Fsp3) is 0.471. The molecule has 3 atom stereocenters. The van der Waals surface area contributed by atoms with Gasteiger partial charge < -0.3 is 4.42 Å². The van der Waals surface area contributed by atoms with Crippen LogP contribution in [0.4, 0.5) is 0 Å². The van der Waals surface area contributed by atoms with Gasteiger partial charge in [0.05, 0.1) is 0 Å². The molecule has 0 amide bonds. The fourth-order valence-corrected chi connectivity index (χ4v) is 4.08. The first-order chi connectivity index (χ1) is 9.22. The zero-order valence-corrected chi connectivity index (χ0v) is 11.2. The SMILES string of the molecule is Cc1cccc2cc(C(=O)C3CC4CCC3C4)oc12. The van der Waals surface area contributed by atoms with Gasteiger partial charge in [-0.05, 0) is 49.7 Å². The molecule has 2 aromatic rings. The molecule has 2 bridgehead atoms. The highest BCUT2D eigenvalue weighted by molar-refractivity contribution is 5.99. The average molecular weight is 254 g/mol. The van der Waals surface area contributed by atoms with Gasteiger partial charge in [-0.3, -0.25) is 4.79 Å². The van der Waals surface area contributed by atoms with Crippen LogP contribution in [0.2, 0.25) is 0 Å². The third-order valence-electron chi connectivity index (χ3n) is 5.06. The summed E-state index contributed by atoms with van der Waals surface area (Å²) >= 11 is 0. The third-order valence-corrected chi connectivity index (χ3v) is 5.06. The summed E-state index contributed by atoms with van der Waals surface area (Å²) in [5.74, 6) is 2.45. The molecule has 0 radical (unpaired) electrons. The number of furan rings is 1. The molecular formula is C17H18O2. The predicted molar refractivity (Wildman–Crippen MR) is 74.2 cm³/mol. The van der Waals surface area contributed by atoms with Gasteiger partial charge in [0.15, 0.2) is 5.76 Å². The van der Waals surface area contributed by atoms with E-state index in [1.807, 2.05) is 31.2 Å². The standard InChI is InChI=1S/C17H18O2/c1-10-3-2-4-13-9-15(19-17(10)13)16(18)14-8-11-5-6-12(14)7-11/h2-4,9,11-12,14H,5-8H2,1H3. The van der Waals surface area contributed by atoms with E-state index >= 15 is 0 Å². The monoisotopic (exact) mass is 254 g/mol. The lowest BCUT2D eigenvalue weighted by Crippen LogP contribution is -2.20. The largest absolute Gasteiger partial charge is 0.453 e. The van der Waals surface area contributed by atoms with Crippen molar-refractivity contribution in [2.24, 2.45) is 17.8 Å². The van der Waals surface area contributed by atoms with Crippen molar-refractivity contribution in [3.05, 3.63) is 35.6 Å². The molecular weight excluding hydrogens is 236 g/mol. The zero-order valence-electron chi connectivity index (χ0n) is 11.2. The Bertz CT molecular complexity index is 652. The van der Waals surface area contributed by atoms with E-state index in [-0.39, 0.29) is 11.7 Å². The Labute approximate surface area is 112 Å². The molecule has 2 nitrogen and oxygen atoms in total. The van der Waals surface area contributed by atoms with E-state index in [0.29, 0.717) is 11.7 Å². The normalized spacial score (nSPS) is 29.2. The second kappa shape index (κ2) is 3.96. The number of benzene rings is 1. The Morgan fingerprint density at radius 3 is 2.84 bits per heavy atom. The van der Waals surface area contributed by atoms with Crippen LogP contribution in [0.15, 0.2) is 28.7 Å². The van der Waals surface area contributed by atoms with Gasteiger partial charge in [0.1, 0.15) is 5.58 Å². The molecule has 0 N–H and O–H groups in total. The molecule has 98 valence electrons. The third kappa shape index (κ3) is 1.66. The first-order valence-electron chi connectivity index (χ1n) is 7.26. The second-order valence-corrected chi connectivity index (χ2v) is 6.25. The van der Waals surface area contributed by atoms with Gasteiger partial charge >= 0.3 is 0 Å². The van der Waals surface area contributed by atoms with Crippen LogP contribution in [0.1, 0.15) is 41.8 Å². The molecule has 2 saturated carbocycles. The molecule has 0 saturated heterocycles. The van der Waals surface area contributed by atoms with Crippen LogP contribution in [0, 0.1) is 24.7 Å². The van der Waals surface area contributed by atoms with E-state index in [9.17, 15) is 4.79 Å². The number of para-hydroxylation sites is 1. The van der Waals surface area contributed by atoms with Crippen molar-refractivity contribution >= 4 is 16.8 Å². The number of rotatable bonds is 2. The summed E-state index contributed by atoms with van der Waals surface area (Å²) in [5, 5.41) is 1.05. The number of aryl methyl sites for hydroxylation is 1. The van der Waals surface area contributed by atoms with Crippen LogP contribution in [-0.2, 0) is 0 Å². The molecule has 1 heterocycles. The summed E-state index contributed by atoms with van der Waals surface area (Å²) in [7, 11) is 0. The van der Waals surface area contributed by atoms with Crippen LogP contribution in [-0.4, -0.2) is 5.78 Å². The van der Waals surface area contributed by atoms with E-state index in [1.165, 1.54) is 19.3 Å². The Kier molecular flexibility index (Phi) is 2.35. The lowest BCUT2D eigenvalue weighted by molar-refractivity contribution is 0.0848. The first kappa shape index (κ1) is 11.3. The van der Waals surface area contributed by atoms with Gasteiger partial charge in [-0.1, -0.05) is 24.6 Å². The summed E-state index contributed by atoms with van der Waals surface area (Å²) in [5.41, 5.74) is 1.97. The highest BCUT2D eigenvalue weighted by atomic mass is 16.3. The van der Waals surface area contributed by atoms with Crippen LogP contribution in [0.25, 0.3) is 11.0 Å². The molecule has 1 aromatic carbocycles. The minimum atomic E-state index is 0.222. The molecule has 3 unspecified atom stereocenters. The lowest BCUT2D eigenvalue weighted by atomic mass is 9.85. The van der Waals surface area contributed by atoms with Crippen LogP contribution in [0.5, 0.6) is 0 Å². The average Bonchev–Trinajstić information content (AvgIpc) is 3.12. The van der Waals surface area contributed by atoms with E-state index in [1.54, 1.807) is 0 Å². The van der Waals surface area contributed by atoms with E-state index in [2.05, 4.69) is 0 Å². The van der Waals surface area contributed by atoms with Gasteiger partial charge in [-0.25, -0.2) is 0 Å². The van der Waals surface area contributed by atoms with Gasteiger partial charge in [0.25, 0.3) is 0 Å². The van der Waals surface area contributed by atoms with Crippen molar-refractivity contribution < 1.29 is 9.21 Å². The van der Waals surface area contributed by atoms with Crippen molar-refractivity contribution in [2.75, 3.05) is 0 Å². The zero-order chi connectivity index (χ0) is 13.0. The van der Waals surface area contributed by atoms with E-state index in [4.69, 9.17) is 4.42 Å². The molecule has 2 aliphatic rings. The number of carbonyl (C=O) groups is 1. The Morgan fingerprint density at radius 1 is 1.26 bits per heavy atom. The molecule has 1 aromatic heterocycles. The van der Waals surface area contributed by atoms with Crippen molar-refractivity contribution in [3.63, 3.8) is 0 Å². The molecule has 2 aliphatic carbocycles. The van der Waals surface area contributed by atoms with Gasteiger partial charge in [-0.15, -0.1) is 0 Å². The highest BCUT2D eigenvalue weighted by Gasteiger charge is 2.43. The summed E-state index contributed by atoms with van der Waals surface area (Å²) in [6.45, 7) is 2.03. The van der Waals surface area contributed by atoms with Gasteiger partial charge in [0.2, 0.25) is 5.78 Å². The van der Waals surface area contributed by atoms with Crippen molar-refractivity contribution in [1.29, 1.82) is 0 Å². The van der Waals surface area contributed by atoms with E-state index in [0.717, 1.165) is 28.9 Å². The van der Waals surface area contributed by atoms with Crippen molar-refractivity contribution in [1.82, 2.24) is 0 Å². The Hall–Kier alpha value is -1.57. The number of carbonyl (C=O) groups excluding carboxylic acids is 1. The Balaban J connectivity index is 1.70. The maximum absolute atomic E-state index is 12.6. The van der Waals surface area contributed by atoms with Crippen LogP contribution < -0.4 is 0 Å². The lowest BCUT2D eigenvalue weighted by Gasteiger charge is -2.18. The molecule has 0 aliphatic heterocycles. The number of ketones is 1.